The molecular weight excluding hydrogens is 617 g/mol. The first-order valence-electron chi connectivity index (χ1n) is 13.2. The lowest BCUT2D eigenvalue weighted by molar-refractivity contribution is 0.271. The zero-order valence-corrected chi connectivity index (χ0v) is 25.5. The van der Waals surface area contributed by atoms with Gasteiger partial charge in [-0.15, -0.1) is 0 Å². The molecule has 2 nitrogen and oxygen atoms in total. The Morgan fingerprint density at radius 3 is 0.881 bits per heavy atom. The average Bonchev–Trinajstić information content (AvgIpc) is 3.00. The van der Waals surface area contributed by atoms with E-state index in [0.29, 0.717) is 34.8 Å². The molecule has 1 aliphatic rings. The second kappa shape index (κ2) is 14.0. The highest BCUT2D eigenvalue weighted by atomic mass is 32.2. The van der Waals surface area contributed by atoms with Crippen molar-refractivity contribution >= 4 is 56.6 Å². The molecule has 0 N–H and O–H groups in total. The molecule has 4 aromatic carbocycles. The molecule has 0 radical (unpaired) electrons. The minimum Gasteiger partial charge on any atom is -0.354 e. The molecule has 0 aromatic heterocycles. The molecule has 0 spiro atoms. The molecule has 0 atom stereocenters. The third kappa shape index (κ3) is 7.72. The van der Waals surface area contributed by atoms with E-state index in [9.17, 15) is 17.6 Å². The summed E-state index contributed by atoms with van der Waals surface area (Å²) in [5.41, 5.74) is 3.50. The predicted octanol–water partition coefficient (Wildman–Crippen LogP) is 8.78. The zero-order chi connectivity index (χ0) is 29.6. The summed E-state index contributed by atoms with van der Waals surface area (Å²) in [6.07, 6.45) is 0. The van der Waals surface area contributed by atoms with Gasteiger partial charge in [-0.25, -0.2) is 17.6 Å². The minimum absolute atomic E-state index is 0.222. The summed E-state index contributed by atoms with van der Waals surface area (Å²) in [6.45, 7) is 2.63. The summed E-state index contributed by atoms with van der Waals surface area (Å²) < 4.78 is 55.9. The van der Waals surface area contributed by atoms with E-state index < -0.39 is 0 Å². The Bertz CT molecular complexity index is 1300. The second-order valence-electron chi connectivity index (χ2n) is 9.71. The Kier molecular flexibility index (Phi) is 10.2. The van der Waals surface area contributed by atoms with Gasteiger partial charge in [-0.3, -0.25) is 0 Å². The lowest BCUT2D eigenvalue weighted by Gasteiger charge is -2.38. The van der Waals surface area contributed by atoms with Crippen LogP contribution in [0, 0.1) is 23.3 Å². The van der Waals surface area contributed by atoms with Gasteiger partial charge in [0, 0.05) is 26.2 Å². The maximum absolute atomic E-state index is 13.6. The Hall–Kier alpha value is -2.92. The standard InChI is InChI=1S/C32H26F4N2S4/c33-25-9-1-21(2-10-25)29(22-3-11-26(34)12-4-22)41-31(39)37-17-19-38(20-18-37)32(40)42-30(23-5-13-27(35)14-6-23)24-7-15-28(36)16-8-24/h1-16,29-30H,17-20H2. The van der Waals surface area contributed by atoms with Gasteiger partial charge in [-0.2, -0.15) is 0 Å². The molecule has 5 rings (SSSR count). The molecule has 216 valence electrons. The van der Waals surface area contributed by atoms with Crippen molar-refractivity contribution < 1.29 is 17.6 Å². The summed E-state index contributed by atoms with van der Waals surface area (Å²) in [4.78, 5) is 4.25. The van der Waals surface area contributed by atoms with Gasteiger partial charge in [0.25, 0.3) is 0 Å². The number of hydrogen-bond acceptors (Lipinski definition) is 4. The molecule has 0 saturated carbocycles. The first-order valence-corrected chi connectivity index (χ1v) is 15.8. The van der Waals surface area contributed by atoms with Crippen LogP contribution in [0.5, 0.6) is 0 Å². The highest BCUT2D eigenvalue weighted by Gasteiger charge is 2.27. The van der Waals surface area contributed by atoms with Gasteiger partial charge >= 0.3 is 0 Å². The molecule has 10 heteroatoms. The van der Waals surface area contributed by atoms with Crippen LogP contribution in [0.3, 0.4) is 0 Å². The van der Waals surface area contributed by atoms with E-state index in [1.54, 1.807) is 48.5 Å². The van der Waals surface area contributed by atoms with E-state index in [4.69, 9.17) is 24.4 Å². The molecular formula is C32H26F4N2S4. The van der Waals surface area contributed by atoms with Crippen LogP contribution in [0.4, 0.5) is 17.6 Å². The quantitative estimate of drug-likeness (QED) is 0.152. The summed E-state index contributed by atoms with van der Waals surface area (Å²) >= 11 is 14.7. The smallest absolute Gasteiger partial charge is 0.137 e. The summed E-state index contributed by atoms with van der Waals surface area (Å²) in [7, 11) is 0. The van der Waals surface area contributed by atoms with Crippen molar-refractivity contribution in [1.82, 2.24) is 9.80 Å². The van der Waals surface area contributed by atoms with Gasteiger partial charge in [-0.05, 0) is 70.8 Å². The van der Waals surface area contributed by atoms with Crippen LogP contribution in [-0.2, 0) is 0 Å². The summed E-state index contributed by atoms with van der Waals surface area (Å²) in [6, 6.07) is 25.1. The predicted molar refractivity (Wildman–Crippen MR) is 173 cm³/mol. The van der Waals surface area contributed by atoms with Gasteiger partial charge < -0.3 is 9.80 Å². The van der Waals surface area contributed by atoms with Crippen molar-refractivity contribution in [3.63, 3.8) is 0 Å². The topological polar surface area (TPSA) is 6.48 Å². The normalized spacial score (nSPS) is 13.6. The van der Waals surface area contributed by atoms with Crippen LogP contribution in [-0.4, -0.2) is 44.6 Å². The van der Waals surface area contributed by atoms with Gasteiger partial charge in [0.15, 0.2) is 0 Å². The van der Waals surface area contributed by atoms with E-state index in [-0.39, 0.29) is 33.8 Å². The van der Waals surface area contributed by atoms with Crippen molar-refractivity contribution in [3.05, 3.63) is 143 Å². The lowest BCUT2D eigenvalue weighted by atomic mass is 10.0. The fourth-order valence-corrected chi connectivity index (χ4v) is 7.81. The number of nitrogens with zero attached hydrogens (tertiary/aromatic N) is 2. The molecule has 1 aliphatic heterocycles. The number of benzene rings is 4. The number of thiocarbonyl (C=S) groups is 2. The zero-order valence-electron chi connectivity index (χ0n) is 22.3. The minimum atomic E-state index is -0.324. The highest BCUT2D eigenvalue weighted by molar-refractivity contribution is 8.23. The van der Waals surface area contributed by atoms with Gasteiger partial charge in [-0.1, -0.05) is 96.5 Å². The van der Waals surface area contributed by atoms with Crippen LogP contribution < -0.4 is 0 Å². The van der Waals surface area contributed by atoms with E-state index in [1.165, 1.54) is 72.1 Å². The monoisotopic (exact) mass is 642 g/mol. The Labute approximate surface area is 262 Å². The van der Waals surface area contributed by atoms with Crippen molar-refractivity contribution in [3.8, 4) is 0 Å². The molecule has 0 aliphatic carbocycles. The summed E-state index contributed by atoms with van der Waals surface area (Å²) in [5, 5.41) is -0.443. The van der Waals surface area contributed by atoms with E-state index in [0.717, 1.165) is 22.3 Å². The van der Waals surface area contributed by atoms with Crippen LogP contribution >= 0.6 is 48.0 Å². The molecule has 0 amide bonds. The first kappa shape index (κ1) is 30.5. The SMILES string of the molecule is Fc1ccc(C(SC(=S)N2CCN(C(=S)SC(c3ccc(F)cc3)c3ccc(F)cc3)CC2)c2ccc(F)cc2)cc1. The van der Waals surface area contributed by atoms with Gasteiger partial charge in [0.1, 0.15) is 31.9 Å². The van der Waals surface area contributed by atoms with Gasteiger partial charge in [0.2, 0.25) is 0 Å². The van der Waals surface area contributed by atoms with Crippen molar-refractivity contribution in [2.24, 2.45) is 0 Å². The number of piperazine rings is 1. The lowest BCUT2D eigenvalue weighted by Crippen LogP contribution is -2.48. The number of hydrogen-bond donors (Lipinski definition) is 0. The van der Waals surface area contributed by atoms with Crippen LogP contribution in [0.2, 0.25) is 0 Å². The number of thioether (sulfide) groups is 2. The molecule has 42 heavy (non-hydrogen) atoms. The fourth-order valence-electron chi connectivity index (χ4n) is 4.63. The fraction of sp³-hybridized carbons (Fsp3) is 0.188. The average molecular weight is 643 g/mol. The van der Waals surface area contributed by atoms with E-state index >= 15 is 0 Å². The van der Waals surface area contributed by atoms with Crippen molar-refractivity contribution in [2.75, 3.05) is 26.2 Å². The first-order chi connectivity index (χ1) is 20.3. The maximum atomic E-state index is 13.6. The molecule has 1 fully saturated rings. The summed E-state index contributed by atoms with van der Waals surface area (Å²) in [5.74, 6) is -1.30. The Morgan fingerprint density at radius 2 is 0.667 bits per heavy atom. The Morgan fingerprint density at radius 1 is 0.452 bits per heavy atom. The van der Waals surface area contributed by atoms with Crippen LogP contribution in [0.25, 0.3) is 0 Å². The van der Waals surface area contributed by atoms with Crippen LogP contribution in [0.15, 0.2) is 97.1 Å². The molecule has 1 heterocycles. The van der Waals surface area contributed by atoms with Crippen molar-refractivity contribution in [2.45, 2.75) is 10.5 Å². The number of halogens is 4. The maximum Gasteiger partial charge on any atom is 0.137 e. The third-order valence-corrected chi connectivity index (χ3v) is 10.5. The highest BCUT2D eigenvalue weighted by Crippen LogP contribution is 2.39. The number of rotatable bonds is 6. The Balaban J connectivity index is 1.24. The largest absolute Gasteiger partial charge is 0.354 e. The van der Waals surface area contributed by atoms with Crippen molar-refractivity contribution in [1.29, 1.82) is 0 Å². The molecule has 1 saturated heterocycles. The van der Waals surface area contributed by atoms with E-state index in [1.807, 2.05) is 0 Å². The molecule has 0 unspecified atom stereocenters. The van der Waals surface area contributed by atoms with Gasteiger partial charge in [0.05, 0.1) is 10.5 Å². The van der Waals surface area contributed by atoms with Crippen LogP contribution in [0.1, 0.15) is 32.8 Å². The molecule has 0 bridgehead atoms. The molecule has 4 aromatic rings. The van der Waals surface area contributed by atoms with E-state index in [2.05, 4.69) is 9.80 Å². The third-order valence-electron chi connectivity index (χ3n) is 6.92. The second-order valence-corrected chi connectivity index (χ2v) is 13.2.